The van der Waals surface area contributed by atoms with E-state index in [2.05, 4.69) is 6.08 Å². The summed E-state index contributed by atoms with van der Waals surface area (Å²) >= 11 is 0.441. The van der Waals surface area contributed by atoms with Gasteiger partial charge < -0.3 is 0 Å². The molecule has 0 aromatic rings. The van der Waals surface area contributed by atoms with Gasteiger partial charge in [0.25, 0.3) is 0 Å². The predicted molar refractivity (Wildman–Crippen MR) is 32.7 cm³/mol. The maximum atomic E-state index is 9.34. The molecule has 2 atom stereocenters. The van der Waals surface area contributed by atoms with E-state index in [-0.39, 0.29) is 4.50 Å². The van der Waals surface area contributed by atoms with Crippen LogP contribution in [0.1, 0.15) is 0 Å². The molecular formula is C6H6OSe. The molecule has 1 fully saturated rings. The quantitative estimate of drug-likeness (QED) is 0.522. The van der Waals surface area contributed by atoms with Crippen molar-refractivity contribution in [2.45, 2.75) is 9.32 Å². The van der Waals surface area contributed by atoms with Crippen LogP contribution in [0.25, 0.3) is 0 Å². The van der Waals surface area contributed by atoms with E-state index in [1.54, 1.807) is 0 Å². The molecule has 1 heterocycles. The van der Waals surface area contributed by atoms with Crippen molar-refractivity contribution < 1.29 is 5.11 Å². The second-order valence-electron chi connectivity index (χ2n) is 2.03. The molecule has 1 nitrogen and oxygen atoms in total. The Hall–Kier alpha value is -0.0405. The number of allylic oxidation sites excluding steroid dienone is 2. The summed E-state index contributed by atoms with van der Waals surface area (Å²) in [5.41, 5.74) is 0. The van der Waals surface area contributed by atoms with Gasteiger partial charge in [-0.05, 0) is 0 Å². The number of rotatable bonds is 0. The van der Waals surface area contributed by atoms with Gasteiger partial charge in [0.1, 0.15) is 0 Å². The molecule has 8 heavy (non-hydrogen) atoms. The van der Waals surface area contributed by atoms with Crippen LogP contribution < -0.4 is 0 Å². The van der Waals surface area contributed by atoms with Gasteiger partial charge in [0.05, 0.1) is 0 Å². The van der Waals surface area contributed by atoms with E-state index >= 15 is 0 Å². The number of hydrogen-bond acceptors (Lipinski definition) is 1. The molecule has 0 radical (unpaired) electrons. The first kappa shape index (κ1) is 4.80. The van der Waals surface area contributed by atoms with Gasteiger partial charge in [-0.1, -0.05) is 0 Å². The molecule has 2 aliphatic rings. The average Bonchev–Trinajstić information content (AvgIpc) is 2.39. The summed E-state index contributed by atoms with van der Waals surface area (Å²) in [6.07, 6.45) is 7.91. The van der Waals surface area contributed by atoms with E-state index in [1.807, 2.05) is 18.2 Å². The minimum absolute atomic E-state index is 0.359. The molecule has 0 bridgehead atoms. The third kappa shape index (κ3) is 0.510. The summed E-state index contributed by atoms with van der Waals surface area (Å²) in [4.78, 5) is 0.500. The minimum atomic E-state index is -0.359. The Kier molecular flexibility index (Phi) is 0.761. The molecule has 0 aromatic carbocycles. The van der Waals surface area contributed by atoms with Gasteiger partial charge in [0, 0.05) is 0 Å². The number of fused-ring (bicyclic) bond motifs is 1. The molecular weight excluding hydrogens is 167 g/mol. The third-order valence-corrected chi connectivity index (χ3v) is 4.09. The molecule has 0 amide bonds. The predicted octanol–water partition coefficient (Wildman–Crippen LogP) is 0.307. The molecule has 1 saturated heterocycles. The van der Waals surface area contributed by atoms with E-state index in [0.717, 1.165) is 0 Å². The van der Waals surface area contributed by atoms with Crippen LogP contribution in [0.2, 0.25) is 4.82 Å². The fourth-order valence-electron chi connectivity index (χ4n) is 0.839. The van der Waals surface area contributed by atoms with Gasteiger partial charge in [-0.25, -0.2) is 0 Å². The van der Waals surface area contributed by atoms with E-state index in [4.69, 9.17) is 0 Å². The Morgan fingerprint density at radius 1 is 1.50 bits per heavy atom. The molecule has 0 spiro atoms. The Morgan fingerprint density at radius 3 is 2.88 bits per heavy atom. The Bertz CT molecular complexity index is 173. The van der Waals surface area contributed by atoms with E-state index in [0.29, 0.717) is 19.8 Å². The van der Waals surface area contributed by atoms with Crippen LogP contribution in [0.15, 0.2) is 24.3 Å². The van der Waals surface area contributed by atoms with Crippen molar-refractivity contribution in [1.29, 1.82) is 0 Å². The summed E-state index contributed by atoms with van der Waals surface area (Å²) in [7, 11) is 0. The zero-order chi connectivity index (χ0) is 5.61. The summed E-state index contributed by atoms with van der Waals surface area (Å²) in [5.74, 6) is 0. The molecule has 0 aromatic heterocycles. The van der Waals surface area contributed by atoms with Crippen molar-refractivity contribution in [3.63, 3.8) is 0 Å². The second kappa shape index (κ2) is 1.27. The fraction of sp³-hybridized carbons (Fsp3) is 0.333. The van der Waals surface area contributed by atoms with Gasteiger partial charge in [-0.3, -0.25) is 0 Å². The van der Waals surface area contributed by atoms with Crippen LogP contribution in [0.3, 0.4) is 0 Å². The van der Waals surface area contributed by atoms with E-state index in [1.165, 1.54) is 0 Å². The van der Waals surface area contributed by atoms with E-state index in [9.17, 15) is 5.11 Å². The summed E-state index contributed by atoms with van der Waals surface area (Å²) in [6.45, 7) is 0. The van der Waals surface area contributed by atoms with Gasteiger partial charge in [-0.15, -0.1) is 0 Å². The van der Waals surface area contributed by atoms with Crippen molar-refractivity contribution in [1.82, 2.24) is 0 Å². The second-order valence-corrected chi connectivity index (χ2v) is 4.97. The molecule has 0 saturated carbocycles. The van der Waals surface area contributed by atoms with Crippen molar-refractivity contribution in [2.24, 2.45) is 0 Å². The Balaban J connectivity index is 2.33. The molecule has 1 aliphatic heterocycles. The SMILES string of the molecule is OC12C=CC=CC1[Se]2. The molecule has 42 valence electrons. The van der Waals surface area contributed by atoms with Gasteiger partial charge >= 0.3 is 53.7 Å². The summed E-state index contributed by atoms with van der Waals surface area (Å²) < 4.78 is -0.359. The van der Waals surface area contributed by atoms with Crippen LogP contribution in [-0.2, 0) is 0 Å². The van der Waals surface area contributed by atoms with Crippen molar-refractivity contribution in [3.05, 3.63) is 24.3 Å². The molecule has 2 unspecified atom stereocenters. The van der Waals surface area contributed by atoms with Crippen molar-refractivity contribution >= 4 is 15.0 Å². The third-order valence-electron chi connectivity index (χ3n) is 1.40. The zero-order valence-electron chi connectivity index (χ0n) is 4.24. The standard InChI is InChI=1S/C6H6OSe/c7-6-4-2-1-3-5(6)8-6/h1-5,7H. The zero-order valence-corrected chi connectivity index (χ0v) is 5.96. The monoisotopic (exact) mass is 174 g/mol. The van der Waals surface area contributed by atoms with Gasteiger partial charge in [0.15, 0.2) is 0 Å². The Morgan fingerprint density at radius 2 is 2.38 bits per heavy atom. The van der Waals surface area contributed by atoms with Gasteiger partial charge in [-0.2, -0.15) is 0 Å². The van der Waals surface area contributed by atoms with Crippen LogP contribution in [0.4, 0.5) is 0 Å². The van der Waals surface area contributed by atoms with Crippen LogP contribution in [0, 0.1) is 0 Å². The van der Waals surface area contributed by atoms with E-state index < -0.39 is 0 Å². The topological polar surface area (TPSA) is 20.2 Å². The number of aliphatic hydroxyl groups is 1. The molecule has 1 N–H and O–H groups in total. The van der Waals surface area contributed by atoms with Crippen molar-refractivity contribution in [3.8, 4) is 0 Å². The van der Waals surface area contributed by atoms with Crippen LogP contribution in [-0.4, -0.2) is 24.6 Å². The molecule has 2 heteroatoms. The summed E-state index contributed by atoms with van der Waals surface area (Å²) in [5, 5.41) is 9.34. The fourth-order valence-corrected chi connectivity index (χ4v) is 2.56. The number of hydrogen-bond donors (Lipinski definition) is 1. The van der Waals surface area contributed by atoms with Crippen molar-refractivity contribution in [2.75, 3.05) is 0 Å². The first-order valence-electron chi connectivity index (χ1n) is 2.57. The summed E-state index contributed by atoms with van der Waals surface area (Å²) in [6, 6.07) is 0. The van der Waals surface area contributed by atoms with Crippen LogP contribution in [0.5, 0.6) is 0 Å². The first-order chi connectivity index (χ1) is 3.81. The van der Waals surface area contributed by atoms with Gasteiger partial charge in [0.2, 0.25) is 0 Å². The Labute approximate surface area is 54.2 Å². The molecule has 1 aliphatic carbocycles. The maximum absolute atomic E-state index is 9.34. The first-order valence-corrected chi connectivity index (χ1v) is 4.42. The van der Waals surface area contributed by atoms with Crippen LogP contribution >= 0.6 is 0 Å². The normalized spacial score (nSPS) is 48.9. The molecule has 2 rings (SSSR count). The average molecular weight is 173 g/mol.